The number of carbonyl (C=O) groups excluding carboxylic acids is 1. The first-order chi connectivity index (χ1) is 8.69. The lowest BCUT2D eigenvalue weighted by molar-refractivity contribution is 0.0946. The summed E-state index contributed by atoms with van der Waals surface area (Å²) in [7, 11) is 0. The molecule has 0 atom stereocenters. The average Bonchev–Trinajstić information content (AvgIpc) is 2.82. The van der Waals surface area contributed by atoms with E-state index in [1.165, 1.54) is 23.6 Å². The highest BCUT2D eigenvalue weighted by Crippen LogP contribution is 2.08. The third-order valence-electron chi connectivity index (χ3n) is 2.19. The first-order valence-electron chi connectivity index (χ1n) is 5.24. The lowest BCUT2D eigenvalue weighted by Crippen LogP contribution is -2.23. The van der Waals surface area contributed by atoms with Crippen molar-refractivity contribution in [3.05, 3.63) is 45.7 Å². The highest BCUT2D eigenvalue weighted by atomic mass is 32.1. The van der Waals surface area contributed by atoms with Crippen molar-refractivity contribution < 1.29 is 4.79 Å². The summed E-state index contributed by atoms with van der Waals surface area (Å²) in [5.74, 6) is -0.271. The number of amides is 1. The first kappa shape index (κ1) is 12.2. The first-order valence-corrected chi connectivity index (χ1v) is 6.12. The molecule has 0 aromatic carbocycles. The largest absolute Gasteiger partial charge is 0.344 e. The van der Waals surface area contributed by atoms with Gasteiger partial charge in [-0.05, 0) is 19.1 Å². The minimum Gasteiger partial charge on any atom is -0.344 e. The highest BCUT2D eigenvalue weighted by Gasteiger charge is 2.07. The number of nitriles is 1. The van der Waals surface area contributed by atoms with Crippen LogP contribution in [0.2, 0.25) is 0 Å². The molecule has 0 fully saturated rings. The second-order valence-corrected chi connectivity index (χ2v) is 4.55. The summed E-state index contributed by atoms with van der Waals surface area (Å²) >= 11 is 1.50. The SMILES string of the molecule is Cc1csc(CNC(=O)c2ccc(C#N)cn2)n1. The number of hydrogen-bond donors (Lipinski definition) is 1. The van der Waals surface area contributed by atoms with Crippen molar-refractivity contribution in [3.8, 4) is 6.07 Å². The van der Waals surface area contributed by atoms with Gasteiger partial charge in [0.05, 0.1) is 12.1 Å². The molecule has 1 N–H and O–H groups in total. The standard InChI is InChI=1S/C12H10N4OS/c1-8-7-18-11(16-8)6-15-12(17)10-3-2-9(4-13)5-14-10/h2-3,5,7H,6H2,1H3,(H,15,17). The van der Waals surface area contributed by atoms with Gasteiger partial charge in [-0.2, -0.15) is 5.26 Å². The molecule has 0 saturated carbocycles. The van der Waals surface area contributed by atoms with Gasteiger partial charge in [-0.3, -0.25) is 4.79 Å². The van der Waals surface area contributed by atoms with E-state index in [0.29, 0.717) is 17.8 Å². The lowest BCUT2D eigenvalue weighted by atomic mass is 10.2. The molecule has 0 aliphatic heterocycles. The Morgan fingerprint density at radius 3 is 2.94 bits per heavy atom. The van der Waals surface area contributed by atoms with E-state index in [9.17, 15) is 4.79 Å². The van der Waals surface area contributed by atoms with Crippen LogP contribution in [0.25, 0.3) is 0 Å². The van der Waals surface area contributed by atoms with E-state index in [0.717, 1.165) is 10.7 Å². The van der Waals surface area contributed by atoms with Gasteiger partial charge < -0.3 is 5.32 Å². The van der Waals surface area contributed by atoms with Crippen LogP contribution in [0.1, 0.15) is 26.8 Å². The van der Waals surface area contributed by atoms with Crippen molar-refractivity contribution in [2.45, 2.75) is 13.5 Å². The van der Waals surface area contributed by atoms with Gasteiger partial charge in [-0.15, -0.1) is 11.3 Å². The number of nitrogens with one attached hydrogen (secondary N) is 1. The Morgan fingerprint density at radius 2 is 2.39 bits per heavy atom. The quantitative estimate of drug-likeness (QED) is 0.907. The third-order valence-corrected chi connectivity index (χ3v) is 3.16. The number of thiazole rings is 1. The fourth-order valence-electron chi connectivity index (χ4n) is 1.32. The van der Waals surface area contributed by atoms with Crippen molar-refractivity contribution in [3.63, 3.8) is 0 Å². The van der Waals surface area contributed by atoms with Crippen molar-refractivity contribution in [2.24, 2.45) is 0 Å². The maximum absolute atomic E-state index is 11.7. The van der Waals surface area contributed by atoms with Gasteiger partial charge in [0.25, 0.3) is 5.91 Å². The van der Waals surface area contributed by atoms with E-state index < -0.39 is 0 Å². The van der Waals surface area contributed by atoms with Crippen LogP contribution in [0.15, 0.2) is 23.7 Å². The Labute approximate surface area is 108 Å². The van der Waals surface area contributed by atoms with Gasteiger partial charge in [-0.1, -0.05) is 0 Å². The van der Waals surface area contributed by atoms with Crippen molar-refractivity contribution in [1.82, 2.24) is 15.3 Å². The summed E-state index contributed by atoms with van der Waals surface area (Å²) < 4.78 is 0. The molecule has 0 aliphatic carbocycles. The zero-order valence-corrected chi connectivity index (χ0v) is 10.5. The summed E-state index contributed by atoms with van der Waals surface area (Å²) in [5.41, 5.74) is 1.67. The van der Waals surface area contributed by atoms with Crippen LogP contribution in [0.4, 0.5) is 0 Å². The molecular weight excluding hydrogens is 248 g/mol. The van der Waals surface area contributed by atoms with Crippen LogP contribution >= 0.6 is 11.3 Å². The number of rotatable bonds is 3. The van der Waals surface area contributed by atoms with E-state index in [2.05, 4.69) is 15.3 Å². The molecule has 1 amide bonds. The molecule has 2 heterocycles. The predicted molar refractivity (Wildman–Crippen MR) is 67.0 cm³/mol. The molecule has 0 bridgehead atoms. The molecule has 18 heavy (non-hydrogen) atoms. The van der Waals surface area contributed by atoms with E-state index in [1.807, 2.05) is 18.4 Å². The fourth-order valence-corrected chi connectivity index (χ4v) is 2.04. The second-order valence-electron chi connectivity index (χ2n) is 3.61. The fraction of sp³-hybridized carbons (Fsp3) is 0.167. The van der Waals surface area contributed by atoms with Crippen LogP contribution in [0, 0.1) is 18.3 Å². The van der Waals surface area contributed by atoms with Crippen LogP contribution in [-0.2, 0) is 6.54 Å². The number of pyridine rings is 1. The van der Waals surface area contributed by atoms with E-state index >= 15 is 0 Å². The Bertz CT molecular complexity index is 597. The van der Waals surface area contributed by atoms with Crippen LogP contribution in [0.3, 0.4) is 0 Å². The molecule has 90 valence electrons. The zero-order chi connectivity index (χ0) is 13.0. The van der Waals surface area contributed by atoms with Crippen molar-refractivity contribution >= 4 is 17.2 Å². The minimum atomic E-state index is -0.271. The molecule has 0 saturated heterocycles. The normalized spacial score (nSPS) is 9.78. The lowest BCUT2D eigenvalue weighted by Gasteiger charge is -2.02. The number of aryl methyl sites for hydroxylation is 1. The van der Waals surface area contributed by atoms with Gasteiger partial charge in [0.2, 0.25) is 0 Å². The summed E-state index contributed by atoms with van der Waals surface area (Å²) in [6.45, 7) is 2.29. The maximum Gasteiger partial charge on any atom is 0.270 e. The molecule has 5 nitrogen and oxygen atoms in total. The highest BCUT2D eigenvalue weighted by molar-refractivity contribution is 7.09. The number of carbonyl (C=O) groups is 1. The number of hydrogen-bond acceptors (Lipinski definition) is 5. The molecule has 2 aromatic heterocycles. The van der Waals surface area contributed by atoms with Gasteiger partial charge in [0, 0.05) is 17.3 Å². The maximum atomic E-state index is 11.7. The minimum absolute atomic E-state index is 0.271. The summed E-state index contributed by atoms with van der Waals surface area (Å²) in [6.07, 6.45) is 1.38. The summed E-state index contributed by atoms with van der Waals surface area (Å²) in [4.78, 5) is 19.9. The summed E-state index contributed by atoms with van der Waals surface area (Å²) in [6, 6.07) is 5.04. The van der Waals surface area contributed by atoms with Crippen molar-refractivity contribution in [2.75, 3.05) is 0 Å². The molecule has 0 aliphatic rings. The molecular formula is C12H10N4OS. The smallest absolute Gasteiger partial charge is 0.270 e. The molecule has 2 rings (SSSR count). The number of nitrogens with zero attached hydrogens (tertiary/aromatic N) is 3. The van der Waals surface area contributed by atoms with E-state index in [1.54, 1.807) is 6.07 Å². The Morgan fingerprint density at radius 1 is 1.56 bits per heavy atom. The van der Waals surface area contributed by atoms with Crippen molar-refractivity contribution in [1.29, 1.82) is 5.26 Å². The third kappa shape index (κ3) is 2.90. The molecule has 0 spiro atoms. The molecule has 2 aromatic rings. The summed E-state index contributed by atoms with van der Waals surface area (Å²) in [5, 5.41) is 14.1. The molecule has 0 radical (unpaired) electrons. The van der Waals surface area contributed by atoms with Crippen LogP contribution in [-0.4, -0.2) is 15.9 Å². The van der Waals surface area contributed by atoms with Gasteiger partial charge in [-0.25, -0.2) is 9.97 Å². The Kier molecular flexibility index (Phi) is 3.65. The number of aromatic nitrogens is 2. The monoisotopic (exact) mass is 258 g/mol. The Hall–Kier alpha value is -2.26. The van der Waals surface area contributed by atoms with Gasteiger partial charge in [0.1, 0.15) is 16.8 Å². The average molecular weight is 258 g/mol. The molecule has 0 unspecified atom stereocenters. The molecule has 6 heteroatoms. The van der Waals surface area contributed by atoms with Gasteiger partial charge in [0.15, 0.2) is 0 Å². The predicted octanol–water partition coefficient (Wildman–Crippen LogP) is 1.65. The second kappa shape index (κ2) is 5.38. The van der Waals surface area contributed by atoms with Crippen LogP contribution in [0.5, 0.6) is 0 Å². The van der Waals surface area contributed by atoms with E-state index in [4.69, 9.17) is 5.26 Å². The topological polar surface area (TPSA) is 78.7 Å². The van der Waals surface area contributed by atoms with Gasteiger partial charge >= 0.3 is 0 Å². The van der Waals surface area contributed by atoms with E-state index in [-0.39, 0.29) is 5.91 Å². The zero-order valence-electron chi connectivity index (χ0n) is 9.67. The van der Waals surface area contributed by atoms with Crippen LogP contribution < -0.4 is 5.32 Å². The Balaban J connectivity index is 1.97.